The van der Waals surface area contributed by atoms with E-state index >= 15 is 0 Å². The van der Waals surface area contributed by atoms with Gasteiger partial charge >= 0.3 is 0 Å². The van der Waals surface area contributed by atoms with Gasteiger partial charge < -0.3 is 10.6 Å². The Labute approximate surface area is 152 Å². The van der Waals surface area contributed by atoms with Crippen molar-refractivity contribution in [1.29, 1.82) is 0 Å². The summed E-state index contributed by atoms with van der Waals surface area (Å²) in [4.78, 5) is 25.7. The smallest absolute Gasteiger partial charge is 0.244 e. The Bertz CT molecular complexity index is 943. The van der Waals surface area contributed by atoms with Crippen molar-refractivity contribution < 1.29 is 4.79 Å². The van der Waals surface area contributed by atoms with E-state index in [0.717, 1.165) is 29.6 Å². The number of aromatic nitrogens is 2. The van der Waals surface area contributed by atoms with Gasteiger partial charge in [-0.3, -0.25) is 9.69 Å². The van der Waals surface area contributed by atoms with Crippen LogP contribution in [0.1, 0.15) is 12.2 Å². The number of nitrogen functional groups attached to an aromatic ring is 1. The number of likely N-dealkylation sites (N-methyl/N-ethyl adjacent to an activating group) is 1. The van der Waals surface area contributed by atoms with E-state index in [-0.39, 0.29) is 11.9 Å². The van der Waals surface area contributed by atoms with Crippen LogP contribution in [-0.2, 0) is 11.3 Å². The van der Waals surface area contributed by atoms with Crippen LogP contribution in [0.25, 0.3) is 10.9 Å². The van der Waals surface area contributed by atoms with Gasteiger partial charge in [-0.1, -0.05) is 30.3 Å². The van der Waals surface area contributed by atoms with Crippen molar-refractivity contribution in [3.05, 3.63) is 60.4 Å². The molecule has 0 bridgehead atoms. The highest BCUT2D eigenvalue weighted by Crippen LogP contribution is 2.24. The van der Waals surface area contributed by atoms with Crippen LogP contribution < -0.4 is 10.6 Å². The lowest BCUT2D eigenvalue weighted by molar-refractivity contribution is -0.121. The molecule has 1 unspecified atom stereocenters. The number of carbonyl (C=O) groups is 1. The van der Waals surface area contributed by atoms with E-state index in [2.05, 4.69) is 9.97 Å². The maximum atomic E-state index is 12.8. The van der Waals surface area contributed by atoms with Crippen molar-refractivity contribution in [2.24, 2.45) is 0 Å². The molecule has 0 radical (unpaired) electrons. The van der Waals surface area contributed by atoms with E-state index < -0.39 is 0 Å². The van der Waals surface area contributed by atoms with Crippen molar-refractivity contribution in [3.8, 4) is 0 Å². The predicted octanol–water partition coefficient (Wildman–Crippen LogP) is 2.45. The second kappa shape index (κ2) is 6.72. The molecule has 2 N–H and O–H groups in total. The summed E-state index contributed by atoms with van der Waals surface area (Å²) in [5, 5.41) is 0.853. The Morgan fingerprint density at radius 3 is 2.65 bits per heavy atom. The lowest BCUT2D eigenvalue weighted by Gasteiger charge is -2.23. The Morgan fingerprint density at radius 2 is 1.85 bits per heavy atom. The molecule has 3 aromatic rings. The number of benzene rings is 2. The van der Waals surface area contributed by atoms with Crippen molar-refractivity contribution in [2.75, 3.05) is 24.2 Å². The number of carbonyl (C=O) groups excluding carboxylic acids is 1. The fourth-order valence-electron chi connectivity index (χ4n) is 3.49. The summed E-state index contributed by atoms with van der Waals surface area (Å²) in [7, 11) is 1.94. The molecule has 6 heteroatoms. The van der Waals surface area contributed by atoms with E-state index in [1.807, 2.05) is 71.4 Å². The van der Waals surface area contributed by atoms with Gasteiger partial charge in [0.05, 0.1) is 18.1 Å². The molecule has 0 spiro atoms. The minimum Gasteiger partial charge on any atom is -0.383 e. The number of rotatable bonds is 4. The molecule has 2 heterocycles. The second-order valence-corrected chi connectivity index (χ2v) is 6.59. The molecule has 0 aliphatic carbocycles. The topological polar surface area (TPSA) is 75.4 Å². The summed E-state index contributed by atoms with van der Waals surface area (Å²) in [6, 6.07) is 17.3. The number of nitrogens with zero attached hydrogens (tertiary/aromatic N) is 4. The van der Waals surface area contributed by atoms with Crippen molar-refractivity contribution >= 4 is 28.3 Å². The van der Waals surface area contributed by atoms with E-state index in [4.69, 9.17) is 5.73 Å². The Balaban J connectivity index is 1.52. The van der Waals surface area contributed by atoms with Crippen molar-refractivity contribution in [1.82, 2.24) is 14.9 Å². The first-order chi connectivity index (χ1) is 12.6. The number of para-hydroxylation sites is 2. The molecular weight excluding hydrogens is 326 g/mol. The van der Waals surface area contributed by atoms with E-state index in [1.54, 1.807) is 0 Å². The van der Waals surface area contributed by atoms with Gasteiger partial charge in [-0.15, -0.1) is 0 Å². The molecule has 6 nitrogen and oxygen atoms in total. The van der Waals surface area contributed by atoms with Gasteiger partial charge in [-0.05, 0) is 37.7 Å². The van der Waals surface area contributed by atoms with Gasteiger partial charge in [0.15, 0.2) is 0 Å². The van der Waals surface area contributed by atoms with Gasteiger partial charge in [0, 0.05) is 17.6 Å². The highest BCUT2D eigenvalue weighted by atomic mass is 16.2. The molecule has 1 amide bonds. The molecule has 1 aromatic heterocycles. The molecule has 1 atom stereocenters. The van der Waals surface area contributed by atoms with Crippen LogP contribution in [0.15, 0.2) is 54.6 Å². The Hall–Kier alpha value is -2.99. The predicted molar refractivity (Wildman–Crippen MR) is 103 cm³/mol. The zero-order valence-electron chi connectivity index (χ0n) is 14.7. The lowest BCUT2D eigenvalue weighted by Crippen LogP contribution is -2.39. The van der Waals surface area contributed by atoms with E-state index in [9.17, 15) is 4.79 Å². The largest absolute Gasteiger partial charge is 0.383 e. The third-order valence-electron chi connectivity index (χ3n) is 4.85. The Kier molecular flexibility index (Phi) is 4.26. The number of fused-ring (bicyclic) bond motifs is 1. The molecule has 132 valence electrons. The SMILES string of the molecule is CN(Cc1nc(N)c2ccccc2n1)C1CCN(c2ccccc2)C1=O. The van der Waals surface area contributed by atoms with E-state index in [0.29, 0.717) is 18.2 Å². The quantitative estimate of drug-likeness (QED) is 0.785. The van der Waals surface area contributed by atoms with Crippen LogP contribution in [0.5, 0.6) is 0 Å². The van der Waals surface area contributed by atoms with Crippen LogP contribution in [-0.4, -0.2) is 40.4 Å². The average Bonchev–Trinajstić information content (AvgIpc) is 3.04. The third kappa shape index (κ3) is 2.99. The summed E-state index contributed by atoms with van der Waals surface area (Å²) in [5.74, 6) is 1.23. The highest BCUT2D eigenvalue weighted by Gasteiger charge is 2.35. The van der Waals surface area contributed by atoms with Crippen molar-refractivity contribution in [2.45, 2.75) is 19.0 Å². The summed E-state index contributed by atoms with van der Waals surface area (Å²) in [5.41, 5.74) is 7.84. The van der Waals surface area contributed by atoms with E-state index in [1.165, 1.54) is 0 Å². The molecule has 1 aliphatic rings. The van der Waals surface area contributed by atoms with Crippen LogP contribution >= 0.6 is 0 Å². The standard InChI is InChI=1S/C20H21N5O/c1-24(13-18-22-16-10-6-5-9-15(16)19(21)23-18)17-11-12-25(20(17)26)14-7-3-2-4-8-14/h2-10,17H,11-13H2,1H3,(H2,21,22,23). The van der Waals surface area contributed by atoms with Crippen LogP contribution in [0.3, 0.4) is 0 Å². The lowest BCUT2D eigenvalue weighted by atomic mass is 10.2. The molecule has 1 saturated heterocycles. The number of amides is 1. The number of hydrogen-bond donors (Lipinski definition) is 1. The summed E-state index contributed by atoms with van der Waals surface area (Å²) < 4.78 is 0. The van der Waals surface area contributed by atoms with Crippen LogP contribution in [0.4, 0.5) is 11.5 Å². The maximum Gasteiger partial charge on any atom is 0.244 e. The fraction of sp³-hybridized carbons (Fsp3) is 0.250. The maximum absolute atomic E-state index is 12.8. The highest BCUT2D eigenvalue weighted by molar-refractivity contribution is 5.99. The van der Waals surface area contributed by atoms with Gasteiger partial charge in [0.25, 0.3) is 0 Å². The number of anilines is 2. The summed E-state index contributed by atoms with van der Waals surface area (Å²) in [6.07, 6.45) is 0.785. The van der Waals surface area contributed by atoms with Gasteiger partial charge in [0.2, 0.25) is 5.91 Å². The van der Waals surface area contributed by atoms with Gasteiger partial charge in [-0.2, -0.15) is 0 Å². The van der Waals surface area contributed by atoms with Crippen LogP contribution in [0.2, 0.25) is 0 Å². The number of hydrogen-bond acceptors (Lipinski definition) is 5. The summed E-state index contributed by atoms with van der Waals surface area (Å²) in [6.45, 7) is 1.20. The first kappa shape index (κ1) is 16.5. The molecule has 26 heavy (non-hydrogen) atoms. The molecule has 2 aromatic carbocycles. The average molecular weight is 347 g/mol. The molecule has 0 saturated carbocycles. The molecule has 1 aliphatic heterocycles. The normalized spacial score (nSPS) is 17.4. The molecule has 4 rings (SSSR count). The zero-order chi connectivity index (χ0) is 18.1. The molecule has 1 fully saturated rings. The fourth-order valence-corrected chi connectivity index (χ4v) is 3.49. The third-order valence-corrected chi connectivity index (χ3v) is 4.85. The van der Waals surface area contributed by atoms with Gasteiger partial charge in [-0.25, -0.2) is 9.97 Å². The minimum atomic E-state index is -0.175. The van der Waals surface area contributed by atoms with Gasteiger partial charge in [0.1, 0.15) is 11.6 Å². The first-order valence-corrected chi connectivity index (χ1v) is 8.71. The van der Waals surface area contributed by atoms with Crippen molar-refractivity contribution in [3.63, 3.8) is 0 Å². The molecular formula is C20H21N5O. The zero-order valence-corrected chi connectivity index (χ0v) is 14.7. The number of nitrogens with two attached hydrogens (primary N) is 1. The Morgan fingerprint density at radius 1 is 1.12 bits per heavy atom. The van der Waals surface area contributed by atoms with Crippen LogP contribution in [0, 0.1) is 0 Å². The second-order valence-electron chi connectivity index (χ2n) is 6.59. The minimum absolute atomic E-state index is 0.118. The monoisotopic (exact) mass is 347 g/mol. The summed E-state index contributed by atoms with van der Waals surface area (Å²) >= 11 is 0. The first-order valence-electron chi connectivity index (χ1n) is 8.71.